The molecule has 0 aromatic heterocycles. The largest absolute Gasteiger partial charge is 0.481 e. The molecule has 172 valence electrons. The van der Waals surface area contributed by atoms with Crippen molar-refractivity contribution in [1.29, 1.82) is 0 Å². The second kappa shape index (κ2) is 8.54. The molecule has 5 rings (SSSR count). The van der Waals surface area contributed by atoms with Gasteiger partial charge in [0.05, 0.1) is 6.42 Å². The summed E-state index contributed by atoms with van der Waals surface area (Å²) < 4.78 is 5.52. The molecule has 1 spiro atoms. The lowest BCUT2D eigenvalue weighted by atomic mass is 9.93. The minimum absolute atomic E-state index is 0.103. The Balaban J connectivity index is 1.23. The zero-order valence-electron chi connectivity index (χ0n) is 18.5. The molecule has 33 heavy (non-hydrogen) atoms. The van der Waals surface area contributed by atoms with Crippen molar-refractivity contribution in [2.75, 3.05) is 19.7 Å². The number of carbonyl (C=O) groups is 3. The number of nitrogens with zero attached hydrogens (tertiary/aromatic N) is 1. The van der Waals surface area contributed by atoms with Crippen LogP contribution in [0.5, 0.6) is 0 Å². The zero-order valence-corrected chi connectivity index (χ0v) is 18.5. The number of carboxylic acid groups (broad SMARTS) is 1. The van der Waals surface area contributed by atoms with Crippen LogP contribution in [0.25, 0.3) is 11.1 Å². The topological polar surface area (TPSA) is 95.9 Å². The summed E-state index contributed by atoms with van der Waals surface area (Å²) in [5.41, 5.74) is 4.83. The molecule has 0 bridgehead atoms. The number of carboxylic acids is 1. The highest BCUT2D eigenvalue weighted by molar-refractivity contribution is 5.89. The van der Waals surface area contributed by atoms with E-state index in [2.05, 4.69) is 17.4 Å². The van der Waals surface area contributed by atoms with Crippen LogP contribution < -0.4 is 5.32 Å². The van der Waals surface area contributed by atoms with Gasteiger partial charge >= 0.3 is 12.1 Å². The van der Waals surface area contributed by atoms with Gasteiger partial charge in [0, 0.05) is 19.0 Å². The minimum Gasteiger partial charge on any atom is -0.481 e. The van der Waals surface area contributed by atoms with Gasteiger partial charge in [-0.2, -0.15) is 0 Å². The van der Waals surface area contributed by atoms with E-state index in [1.165, 1.54) is 12.8 Å². The first-order valence-electron chi connectivity index (χ1n) is 11.6. The third-order valence-corrected chi connectivity index (χ3v) is 7.41. The van der Waals surface area contributed by atoms with Crippen molar-refractivity contribution >= 4 is 18.0 Å². The zero-order chi connectivity index (χ0) is 23.0. The first-order chi connectivity index (χ1) is 16.0. The summed E-state index contributed by atoms with van der Waals surface area (Å²) in [6.07, 6.45) is 3.08. The standard InChI is InChI=1S/C26H28N2O5/c29-23(30)15-22(24(31)28-13-11-26(9-10-26)12-14-28)27-25(32)33-16-21-19-7-3-1-5-17(19)18-6-2-4-8-20(18)21/h1-8,21-22H,9-16H2,(H,27,32)(H,29,30). The summed E-state index contributed by atoms with van der Waals surface area (Å²) in [4.78, 5) is 38.7. The van der Waals surface area contributed by atoms with Crippen molar-refractivity contribution in [3.63, 3.8) is 0 Å². The number of fused-ring (bicyclic) bond motifs is 3. The number of hydrogen-bond donors (Lipinski definition) is 2. The first-order valence-corrected chi connectivity index (χ1v) is 11.6. The van der Waals surface area contributed by atoms with Crippen LogP contribution in [-0.2, 0) is 14.3 Å². The number of aliphatic carboxylic acids is 1. The first kappa shape index (κ1) is 21.5. The van der Waals surface area contributed by atoms with Crippen LogP contribution in [0.1, 0.15) is 49.1 Å². The molecule has 1 atom stereocenters. The number of amides is 2. The average molecular weight is 449 g/mol. The van der Waals surface area contributed by atoms with Crippen molar-refractivity contribution in [2.24, 2.45) is 5.41 Å². The van der Waals surface area contributed by atoms with Crippen LogP contribution in [0.15, 0.2) is 48.5 Å². The third-order valence-electron chi connectivity index (χ3n) is 7.41. The van der Waals surface area contributed by atoms with E-state index in [1.807, 2.05) is 36.4 Å². The Morgan fingerprint density at radius 3 is 2.09 bits per heavy atom. The third kappa shape index (κ3) is 4.32. The number of carbonyl (C=O) groups excluding carboxylic acids is 2. The highest BCUT2D eigenvalue weighted by atomic mass is 16.5. The van der Waals surface area contributed by atoms with E-state index in [0.717, 1.165) is 35.1 Å². The summed E-state index contributed by atoms with van der Waals surface area (Å²) >= 11 is 0. The Morgan fingerprint density at radius 2 is 1.55 bits per heavy atom. The number of hydrogen-bond acceptors (Lipinski definition) is 4. The number of benzene rings is 2. The van der Waals surface area contributed by atoms with E-state index in [1.54, 1.807) is 4.90 Å². The predicted octanol–water partition coefficient (Wildman–Crippen LogP) is 3.77. The summed E-state index contributed by atoms with van der Waals surface area (Å²) in [6, 6.07) is 14.9. The molecule has 3 aliphatic rings. The second-order valence-electron chi connectivity index (χ2n) is 9.45. The molecule has 2 amide bonds. The number of alkyl carbamates (subject to hydrolysis) is 1. The van der Waals surface area contributed by atoms with Crippen LogP contribution in [0.3, 0.4) is 0 Å². The fourth-order valence-corrected chi connectivity index (χ4v) is 5.26. The monoisotopic (exact) mass is 448 g/mol. The summed E-state index contributed by atoms with van der Waals surface area (Å²) in [5, 5.41) is 11.8. The maximum atomic E-state index is 13.0. The van der Waals surface area contributed by atoms with Gasteiger partial charge in [-0.25, -0.2) is 4.79 Å². The molecule has 1 unspecified atom stereocenters. The van der Waals surface area contributed by atoms with Gasteiger partial charge in [-0.15, -0.1) is 0 Å². The molecule has 2 fully saturated rings. The number of likely N-dealkylation sites (tertiary alicyclic amines) is 1. The van der Waals surface area contributed by atoms with Crippen molar-refractivity contribution in [3.8, 4) is 11.1 Å². The summed E-state index contributed by atoms with van der Waals surface area (Å²) in [7, 11) is 0. The molecule has 2 aromatic rings. The summed E-state index contributed by atoms with van der Waals surface area (Å²) in [5.74, 6) is -1.59. The molecule has 2 aliphatic carbocycles. The Morgan fingerprint density at radius 1 is 0.970 bits per heavy atom. The smallest absolute Gasteiger partial charge is 0.407 e. The van der Waals surface area contributed by atoms with Crippen molar-refractivity contribution < 1.29 is 24.2 Å². The van der Waals surface area contributed by atoms with Gasteiger partial charge in [0.2, 0.25) is 5.91 Å². The Bertz CT molecular complexity index is 1040. The highest BCUT2D eigenvalue weighted by Gasteiger charge is 2.45. The molecule has 2 N–H and O–H groups in total. The maximum Gasteiger partial charge on any atom is 0.407 e. The molecule has 1 aliphatic heterocycles. The average Bonchev–Trinajstić information content (AvgIpc) is 3.49. The van der Waals surface area contributed by atoms with Gasteiger partial charge in [0.1, 0.15) is 12.6 Å². The van der Waals surface area contributed by atoms with Crippen LogP contribution in [0, 0.1) is 5.41 Å². The van der Waals surface area contributed by atoms with Crippen LogP contribution in [0.2, 0.25) is 0 Å². The minimum atomic E-state index is -1.14. The number of ether oxygens (including phenoxy) is 1. The Kier molecular flexibility index (Phi) is 5.56. The molecule has 1 saturated carbocycles. The fraction of sp³-hybridized carbons (Fsp3) is 0.423. The van der Waals surface area contributed by atoms with Crippen LogP contribution >= 0.6 is 0 Å². The van der Waals surface area contributed by atoms with Gasteiger partial charge in [-0.1, -0.05) is 48.5 Å². The lowest BCUT2D eigenvalue weighted by Crippen LogP contribution is -2.51. The quantitative estimate of drug-likeness (QED) is 0.701. The fourth-order valence-electron chi connectivity index (χ4n) is 5.26. The molecule has 7 heteroatoms. The van der Waals surface area contributed by atoms with E-state index in [-0.39, 0.29) is 18.4 Å². The number of nitrogens with one attached hydrogen (secondary N) is 1. The van der Waals surface area contributed by atoms with E-state index in [9.17, 15) is 19.5 Å². The van der Waals surface area contributed by atoms with E-state index in [0.29, 0.717) is 18.5 Å². The van der Waals surface area contributed by atoms with Gasteiger partial charge in [0.15, 0.2) is 0 Å². The SMILES string of the molecule is O=C(O)CC(NC(=O)OCC1c2ccccc2-c2ccccc21)C(=O)N1CCC2(CC1)CC2. The lowest BCUT2D eigenvalue weighted by molar-refractivity contribution is -0.143. The molecule has 7 nitrogen and oxygen atoms in total. The molecule has 1 saturated heterocycles. The van der Waals surface area contributed by atoms with Gasteiger partial charge in [-0.05, 0) is 53.4 Å². The van der Waals surface area contributed by atoms with Crippen molar-refractivity contribution in [3.05, 3.63) is 59.7 Å². The van der Waals surface area contributed by atoms with Gasteiger partial charge < -0.3 is 20.1 Å². The predicted molar refractivity (Wildman–Crippen MR) is 122 cm³/mol. The molecule has 1 heterocycles. The number of piperidine rings is 1. The van der Waals surface area contributed by atoms with Crippen molar-refractivity contribution in [2.45, 2.75) is 44.1 Å². The Hall–Kier alpha value is -3.35. The normalized spacial score (nSPS) is 18.8. The Labute approximate surface area is 192 Å². The van der Waals surface area contributed by atoms with Gasteiger partial charge in [0.25, 0.3) is 0 Å². The highest BCUT2D eigenvalue weighted by Crippen LogP contribution is 2.53. The number of rotatable bonds is 6. The second-order valence-corrected chi connectivity index (χ2v) is 9.45. The molecule has 2 aromatic carbocycles. The maximum absolute atomic E-state index is 13.0. The molecular weight excluding hydrogens is 420 g/mol. The van der Waals surface area contributed by atoms with E-state index in [4.69, 9.17) is 4.74 Å². The molecular formula is C26H28N2O5. The lowest BCUT2D eigenvalue weighted by Gasteiger charge is -2.34. The van der Waals surface area contributed by atoms with Gasteiger partial charge in [-0.3, -0.25) is 9.59 Å². The van der Waals surface area contributed by atoms with Crippen LogP contribution in [-0.4, -0.2) is 53.7 Å². The molecule has 0 radical (unpaired) electrons. The van der Waals surface area contributed by atoms with Crippen LogP contribution in [0.4, 0.5) is 4.79 Å². The van der Waals surface area contributed by atoms with Crippen molar-refractivity contribution in [1.82, 2.24) is 10.2 Å². The van der Waals surface area contributed by atoms with E-state index >= 15 is 0 Å². The van der Waals surface area contributed by atoms with E-state index < -0.39 is 24.5 Å². The summed E-state index contributed by atoms with van der Waals surface area (Å²) in [6.45, 7) is 1.34.